The maximum absolute atomic E-state index is 12.1. The zero-order valence-corrected chi connectivity index (χ0v) is 12.5. The highest BCUT2D eigenvalue weighted by Gasteiger charge is 2.24. The van der Waals surface area contributed by atoms with Gasteiger partial charge in [0, 0.05) is 13.1 Å². The number of carbonyl (C=O) groups is 1. The Kier molecular flexibility index (Phi) is 5.15. The number of morpholine rings is 1. The zero-order valence-electron chi connectivity index (χ0n) is 12.5. The summed E-state index contributed by atoms with van der Waals surface area (Å²) in [7, 11) is 0. The van der Waals surface area contributed by atoms with Gasteiger partial charge in [0.15, 0.2) is 0 Å². The third-order valence-electron chi connectivity index (χ3n) is 3.54. The van der Waals surface area contributed by atoms with Crippen LogP contribution < -0.4 is 5.32 Å². The lowest BCUT2D eigenvalue weighted by Gasteiger charge is -2.35. The Hall–Kier alpha value is -1.39. The topological polar surface area (TPSA) is 41.6 Å². The molecule has 2 rings (SSSR count). The lowest BCUT2D eigenvalue weighted by Crippen LogP contribution is -2.49. The summed E-state index contributed by atoms with van der Waals surface area (Å²) in [6, 6.07) is 10.1. The summed E-state index contributed by atoms with van der Waals surface area (Å²) >= 11 is 0. The van der Waals surface area contributed by atoms with E-state index in [9.17, 15) is 4.79 Å². The fraction of sp³-hybridized carbons (Fsp3) is 0.562. The minimum absolute atomic E-state index is 0.0413. The molecule has 20 heavy (non-hydrogen) atoms. The largest absolute Gasteiger partial charge is 0.373 e. The molecular formula is C16H24N2O2. The van der Waals surface area contributed by atoms with Crippen molar-refractivity contribution in [2.24, 2.45) is 0 Å². The normalized spacial score (nSPS) is 25.1. The predicted octanol–water partition coefficient (Wildman–Crippen LogP) is 1.97. The van der Waals surface area contributed by atoms with Crippen molar-refractivity contribution in [3.8, 4) is 0 Å². The van der Waals surface area contributed by atoms with E-state index in [2.05, 4.69) is 10.2 Å². The molecule has 1 amide bonds. The van der Waals surface area contributed by atoms with Crippen LogP contribution in [0.15, 0.2) is 30.3 Å². The number of ether oxygens (including phenoxy) is 1. The van der Waals surface area contributed by atoms with E-state index in [-0.39, 0.29) is 24.2 Å². The third-order valence-corrected chi connectivity index (χ3v) is 3.54. The number of amides is 1. The maximum Gasteiger partial charge on any atom is 0.234 e. The van der Waals surface area contributed by atoms with Crippen LogP contribution in [-0.2, 0) is 9.53 Å². The van der Waals surface area contributed by atoms with Crippen molar-refractivity contribution in [2.45, 2.75) is 39.0 Å². The number of hydrogen-bond donors (Lipinski definition) is 1. The molecule has 0 saturated carbocycles. The van der Waals surface area contributed by atoms with Gasteiger partial charge in [-0.2, -0.15) is 0 Å². The highest BCUT2D eigenvalue weighted by Crippen LogP contribution is 2.12. The Balaban J connectivity index is 1.83. The monoisotopic (exact) mass is 276 g/mol. The Morgan fingerprint density at radius 1 is 1.30 bits per heavy atom. The third kappa shape index (κ3) is 4.32. The molecule has 0 unspecified atom stereocenters. The van der Waals surface area contributed by atoms with Gasteiger partial charge in [-0.3, -0.25) is 9.69 Å². The van der Waals surface area contributed by atoms with Crippen molar-refractivity contribution in [1.29, 1.82) is 0 Å². The van der Waals surface area contributed by atoms with Crippen molar-refractivity contribution in [3.63, 3.8) is 0 Å². The Morgan fingerprint density at radius 3 is 2.50 bits per heavy atom. The second kappa shape index (κ2) is 6.86. The minimum Gasteiger partial charge on any atom is -0.373 e. The van der Waals surface area contributed by atoms with Gasteiger partial charge < -0.3 is 10.1 Å². The van der Waals surface area contributed by atoms with Gasteiger partial charge in [-0.1, -0.05) is 30.3 Å². The lowest BCUT2D eigenvalue weighted by molar-refractivity contribution is -0.126. The predicted molar refractivity (Wildman–Crippen MR) is 79.4 cm³/mol. The van der Waals surface area contributed by atoms with E-state index in [0.717, 1.165) is 18.7 Å². The van der Waals surface area contributed by atoms with E-state index in [1.165, 1.54) is 0 Å². The van der Waals surface area contributed by atoms with Gasteiger partial charge in [-0.25, -0.2) is 0 Å². The van der Waals surface area contributed by atoms with Gasteiger partial charge in [0.1, 0.15) is 0 Å². The summed E-state index contributed by atoms with van der Waals surface area (Å²) < 4.78 is 5.67. The summed E-state index contributed by atoms with van der Waals surface area (Å²) in [5.74, 6) is 0.0719. The summed E-state index contributed by atoms with van der Waals surface area (Å²) in [5, 5.41) is 3.05. The molecule has 0 spiro atoms. The smallest absolute Gasteiger partial charge is 0.234 e. The number of nitrogens with one attached hydrogen (secondary N) is 1. The van der Waals surface area contributed by atoms with Crippen LogP contribution in [0, 0.1) is 0 Å². The first kappa shape index (κ1) is 15.0. The maximum atomic E-state index is 12.1. The number of nitrogens with zero attached hydrogens (tertiary/aromatic N) is 1. The molecule has 0 aliphatic carbocycles. The van der Waals surface area contributed by atoms with E-state index >= 15 is 0 Å². The molecule has 1 aromatic carbocycles. The molecular weight excluding hydrogens is 252 g/mol. The molecule has 1 heterocycles. The first-order valence-electron chi connectivity index (χ1n) is 7.26. The van der Waals surface area contributed by atoms with Crippen LogP contribution >= 0.6 is 0 Å². The lowest BCUT2D eigenvalue weighted by atomic mass is 10.1. The number of rotatable bonds is 4. The van der Waals surface area contributed by atoms with Gasteiger partial charge in [0.25, 0.3) is 0 Å². The molecule has 110 valence electrons. The molecule has 1 aliphatic rings. The van der Waals surface area contributed by atoms with Crippen LogP contribution in [0.5, 0.6) is 0 Å². The van der Waals surface area contributed by atoms with Crippen molar-refractivity contribution in [1.82, 2.24) is 10.2 Å². The molecule has 1 N–H and O–H groups in total. The molecule has 0 radical (unpaired) electrons. The fourth-order valence-electron chi connectivity index (χ4n) is 2.73. The van der Waals surface area contributed by atoms with Crippen LogP contribution in [-0.4, -0.2) is 42.6 Å². The summed E-state index contributed by atoms with van der Waals surface area (Å²) in [6.07, 6.45) is 0.385. The van der Waals surface area contributed by atoms with Gasteiger partial charge in [-0.05, 0) is 26.3 Å². The number of benzene rings is 1. The number of carbonyl (C=O) groups excluding carboxylic acids is 1. The minimum atomic E-state index is 0.0413. The van der Waals surface area contributed by atoms with Crippen LogP contribution in [0.3, 0.4) is 0 Å². The second-order valence-electron chi connectivity index (χ2n) is 5.65. The summed E-state index contributed by atoms with van der Waals surface area (Å²) in [6.45, 7) is 8.18. The fourth-order valence-corrected chi connectivity index (χ4v) is 2.73. The summed E-state index contributed by atoms with van der Waals surface area (Å²) in [5.41, 5.74) is 1.13. The van der Waals surface area contributed by atoms with Crippen molar-refractivity contribution < 1.29 is 9.53 Å². The standard InChI is InChI=1S/C16H24N2O2/c1-12-9-18(10-13(2)20-12)11-16(19)17-14(3)15-7-5-4-6-8-15/h4-8,12-14H,9-11H2,1-3H3,(H,17,19)/t12-,13+,14-/m0/s1. The van der Waals surface area contributed by atoms with Crippen molar-refractivity contribution >= 4 is 5.91 Å². The van der Waals surface area contributed by atoms with Crippen LogP contribution in [0.4, 0.5) is 0 Å². The van der Waals surface area contributed by atoms with E-state index < -0.39 is 0 Å². The number of hydrogen-bond acceptors (Lipinski definition) is 3. The average molecular weight is 276 g/mol. The Labute approximate surface area is 121 Å². The van der Waals surface area contributed by atoms with Crippen molar-refractivity contribution in [2.75, 3.05) is 19.6 Å². The quantitative estimate of drug-likeness (QED) is 0.914. The summed E-state index contributed by atoms with van der Waals surface area (Å²) in [4.78, 5) is 14.3. The molecule has 4 heteroatoms. The van der Waals surface area contributed by atoms with Crippen LogP contribution in [0.1, 0.15) is 32.4 Å². The second-order valence-corrected chi connectivity index (χ2v) is 5.65. The highest BCUT2D eigenvalue weighted by molar-refractivity contribution is 5.78. The zero-order chi connectivity index (χ0) is 14.5. The van der Waals surface area contributed by atoms with Gasteiger partial charge >= 0.3 is 0 Å². The Bertz CT molecular complexity index is 425. The molecule has 1 aliphatic heterocycles. The SMILES string of the molecule is C[C@@H]1CN(CC(=O)N[C@@H](C)c2ccccc2)C[C@H](C)O1. The van der Waals surface area contributed by atoms with Crippen LogP contribution in [0.25, 0.3) is 0 Å². The van der Waals surface area contributed by atoms with Crippen LogP contribution in [0.2, 0.25) is 0 Å². The van der Waals surface area contributed by atoms with Gasteiger partial charge in [-0.15, -0.1) is 0 Å². The van der Waals surface area contributed by atoms with Crippen molar-refractivity contribution in [3.05, 3.63) is 35.9 Å². The first-order valence-corrected chi connectivity index (χ1v) is 7.26. The van der Waals surface area contributed by atoms with E-state index in [0.29, 0.717) is 6.54 Å². The molecule has 3 atom stereocenters. The molecule has 1 saturated heterocycles. The molecule has 1 fully saturated rings. The molecule has 0 aromatic heterocycles. The van der Waals surface area contributed by atoms with Gasteiger partial charge in [0.2, 0.25) is 5.91 Å². The average Bonchev–Trinajstić information content (AvgIpc) is 2.38. The molecule has 0 bridgehead atoms. The van der Waals surface area contributed by atoms with Gasteiger partial charge in [0.05, 0.1) is 24.8 Å². The van der Waals surface area contributed by atoms with E-state index in [4.69, 9.17) is 4.74 Å². The van der Waals surface area contributed by atoms with E-state index in [1.54, 1.807) is 0 Å². The molecule has 4 nitrogen and oxygen atoms in total. The first-order chi connectivity index (χ1) is 9.54. The highest BCUT2D eigenvalue weighted by atomic mass is 16.5. The Morgan fingerprint density at radius 2 is 1.90 bits per heavy atom. The molecule has 1 aromatic rings. The van der Waals surface area contributed by atoms with E-state index in [1.807, 2.05) is 51.1 Å².